The first kappa shape index (κ1) is 16.5. The van der Waals surface area contributed by atoms with Gasteiger partial charge in [0.1, 0.15) is 5.75 Å². The molecule has 1 aromatic rings. The lowest BCUT2D eigenvalue weighted by atomic mass is 10.1. The Morgan fingerprint density at radius 2 is 2.20 bits per heavy atom. The van der Waals surface area contributed by atoms with Gasteiger partial charge in [-0.15, -0.1) is 0 Å². The zero-order valence-corrected chi connectivity index (χ0v) is 13.6. The van der Waals surface area contributed by atoms with Gasteiger partial charge in [-0.1, -0.05) is 29.8 Å². The molecule has 1 aromatic carbocycles. The lowest BCUT2D eigenvalue weighted by Gasteiger charge is -2.24. The molecule has 0 bridgehead atoms. The van der Waals surface area contributed by atoms with Gasteiger partial charge in [-0.05, 0) is 24.1 Å². The van der Waals surface area contributed by atoms with Gasteiger partial charge in [0, 0.05) is 17.6 Å². The second kappa shape index (κ2) is 7.91. The fraction of sp³-hybridized carbons (Fsp3) is 0.467. The molecule has 0 aliphatic rings. The summed E-state index contributed by atoms with van der Waals surface area (Å²) in [6.45, 7) is 5.16. The number of methoxy groups -OCH3 is 1. The summed E-state index contributed by atoms with van der Waals surface area (Å²) < 4.78 is 6.12. The highest BCUT2D eigenvalue weighted by atomic mass is 79.9. The number of carbonyl (C=O) groups excluding carboxylic acids is 1. The van der Waals surface area contributed by atoms with Crippen LogP contribution in [0.4, 0.5) is 0 Å². The molecule has 108 valence electrons. The summed E-state index contributed by atoms with van der Waals surface area (Å²) in [5.74, 6) is 0.785. The van der Waals surface area contributed by atoms with Gasteiger partial charge in [0.25, 0.3) is 5.91 Å². The number of rotatable bonds is 6. The smallest absolute Gasteiger partial charge is 0.257 e. The molecule has 0 heterocycles. The van der Waals surface area contributed by atoms with Crippen molar-refractivity contribution in [1.29, 1.82) is 5.26 Å². The van der Waals surface area contributed by atoms with Crippen LogP contribution in [0.15, 0.2) is 22.7 Å². The van der Waals surface area contributed by atoms with Crippen LogP contribution in [-0.2, 0) is 0 Å². The van der Waals surface area contributed by atoms with Crippen LogP contribution < -0.4 is 4.74 Å². The van der Waals surface area contributed by atoms with Crippen LogP contribution >= 0.6 is 15.9 Å². The van der Waals surface area contributed by atoms with Gasteiger partial charge in [0.2, 0.25) is 0 Å². The van der Waals surface area contributed by atoms with E-state index in [1.165, 1.54) is 0 Å². The van der Waals surface area contributed by atoms with Crippen LogP contribution in [0.3, 0.4) is 0 Å². The average Bonchev–Trinajstić information content (AvgIpc) is 2.42. The van der Waals surface area contributed by atoms with Crippen molar-refractivity contribution in [2.45, 2.75) is 20.3 Å². The molecule has 0 N–H and O–H groups in total. The zero-order valence-electron chi connectivity index (χ0n) is 12.0. The first-order valence-electron chi connectivity index (χ1n) is 6.49. The van der Waals surface area contributed by atoms with E-state index in [-0.39, 0.29) is 5.91 Å². The summed E-state index contributed by atoms with van der Waals surface area (Å²) in [5, 5.41) is 8.72. The van der Waals surface area contributed by atoms with Crippen molar-refractivity contribution in [2.24, 2.45) is 5.92 Å². The lowest BCUT2D eigenvalue weighted by molar-refractivity contribution is 0.0736. The molecule has 20 heavy (non-hydrogen) atoms. The van der Waals surface area contributed by atoms with E-state index in [4.69, 9.17) is 10.00 Å². The minimum Gasteiger partial charge on any atom is -0.496 e. The minimum absolute atomic E-state index is 0.0988. The maximum Gasteiger partial charge on any atom is 0.257 e. The Hall–Kier alpha value is -1.54. The molecule has 1 amide bonds. The summed E-state index contributed by atoms with van der Waals surface area (Å²) in [7, 11) is 1.54. The Morgan fingerprint density at radius 1 is 1.50 bits per heavy atom. The maximum atomic E-state index is 12.6. The molecule has 4 nitrogen and oxygen atoms in total. The van der Waals surface area contributed by atoms with Crippen molar-refractivity contribution in [3.63, 3.8) is 0 Å². The predicted molar refractivity (Wildman–Crippen MR) is 81.7 cm³/mol. The highest BCUT2D eigenvalue weighted by molar-refractivity contribution is 9.10. The quantitative estimate of drug-likeness (QED) is 0.797. The normalized spacial score (nSPS) is 10.2. The Bertz CT molecular complexity index is 509. The van der Waals surface area contributed by atoms with Crippen molar-refractivity contribution < 1.29 is 9.53 Å². The Kier molecular flexibility index (Phi) is 6.53. The Morgan fingerprint density at radius 3 is 2.75 bits per heavy atom. The van der Waals surface area contributed by atoms with Crippen LogP contribution in [0.25, 0.3) is 0 Å². The zero-order chi connectivity index (χ0) is 15.1. The van der Waals surface area contributed by atoms with Crippen molar-refractivity contribution in [3.8, 4) is 11.8 Å². The Balaban J connectivity index is 3.02. The van der Waals surface area contributed by atoms with E-state index in [9.17, 15) is 4.79 Å². The fourth-order valence-corrected chi connectivity index (χ4v) is 2.25. The van der Waals surface area contributed by atoms with E-state index in [1.807, 2.05) is 19.9 Å². The molecule has 0 aliphatic carbocycles. The molecular weight excluding hydrogens is 320 g/mol. The van der Waals surface area contributed by atoms with E-state index in [2.05, 4.69) is 22.0 Å². The molecule has 0 saturated heterocycles. The number of hydrogen-bond acceptors (Lipinski definition) is 3. The number of halogens is 1. The van der Waals surface area contributed by atoms with Crippen LogP contribution in [0.1, 0.15) is 30.6 Å². The van der Waals surface area contributed by atoms with Crippen molar-refractivity contribution in [1.82, 2.24) is 4.90 Å². The summed E-state index contributed by atoms with van der Waals surface area (Å²) in [5.41, 5.74) is 0.522. The maximum absolute atomic E-state index is 12.6. The third kappa shape index (κ3) is 4.53. The molecule has 0 radical (unpaired) electrons. The fourth-order valence-electron chi connectivity index (χ4n) is 1.91. The number of ether oxygens (including phenoxy) is 1. The Labute approximate surface area is 128 Å². The molecule has 0 spiro atoms. The standard InChI is InChI=1S/C15H19BrN2O2/c1-11(2)10-18(8-4-7-17)15(19)13-6-5-12(16)9-14(13)20-3/h5-6,9,11H,4,8,10H2,1-3H3. The number of hydrogen-bond donors (Lipinski definition) is 0. The minimum atomic E-state index is -0.0988. The van der Waals surface area contributed by atoms with Gasteiger partial charge >= 0.3 is 0 Å². The highest BCUT2D eigenvalue weighted by Gasteiger charge is 2.20. The molecule has 0 aliphatic heterocycles. The van der Waals surface area contributed by atoms with Gasteiger partial charge in [0.15, 0.2) is 0 Å². The van der Waals surface area contributed by atoms with Crippen molar-refractivity contribution in [3.05, 3.63) is 28.2 Å². The SMILES string of the molecule is COc1cc(Br)ccc1C(=O)N(CCC#N)CC(C)C. The van der Waals surface area contributed by atoms with Gasteiger partial charge in [0.05, 0.1) is 25.2 Å². The second-order valence-electron chi connectivity index (χ2n) is 4.90. The number of benzene rings is 1. The largest absolute Gasteiger partial charge is 0.496 e. The molecule has 5 heteroatoms. The van der Waals surface area contributed by atoms with Crippen molar-refractivity contribution >= 4 is 21.8 Å². The molecule has 1 rings (SSSR count). The van der Waals surface area contributed by atoms with E-state index in [1.54, 1.807) is 24.1 Å². The van der Waals surface area contributed by atoms with E-state index in [0.717, 1.165) is 4.47 Å². The number of amides is 1. The average molecular weight is 339 g/mol. The number of nitriles is 1. The summed E-state index contributed by atoms with van der Waals surface area (Å²) in [4.78, 5) is 14.3. The van der Waals surface area contributed by atoms with Gasteiger partial charge in [-0.25, -0.2) is 0 Å². The van der Waals surface area contributed by atoms with Crippen LogP contribution in [0, 0.1) is 17.2 Å². The summed E-state index contributed by atoms with van der Waals surface area (Å²) in [6, 6.07) is 7.41. The van der Waals surface area contributed by atoms with Gasteiger partial charge in [-0.2, -0.15) is 5.26 Å². The third-order valence-corrected chi connectivity index (χ3v) is 3.25. The predicted octanol–water partition coefficient (Wildman–Crippen LogP) is 3.47. The first-order valence-corrected chi connectivity index (χ1v) is 7.28. The molecular formula is C15H19BrN2O2. The van der Waals surface area contributed by atoms with E-state index in [0.29, 0.717) is 36.7 Å². The first-order chi connectivity index (χ1) is 9.49. The van der Waals surface area contributed by atoms with Crippen LogP contribution in [-0.4, -0.2) is 31.0 Å². The molecule has 0 saturated carbocycles. The summed E-state index contributed by atoms with van der Waals surface area (Å²) in [6.07, 6.45) is 0.331. The monoisotopic (exact) mass is 338 g/mol. The van der Waals surface area contributed by atoms with Crippen molar-refractivity contribution in [2.75, 3.05) is 20.2 Å². The topological polar surface area (TPSA) is 53.3 Å². The van der Waals surface area contributed by atoms with Gasteiger partial charge < -0.3 is 9.64 Å². The van der Waals surface area contributed by atoms with Crippen LogP contribution in [0.5, 0.6) is 5.75 Å². The second-order valence-corrected chi connectivity index (χ2v) is 5.81. The summed E-state index contributed by atoms with van der Waals surface area (Å²) >= 11 is 3.36. The molecule has 0 aromatic heterocycles. The molecule has 0 unspecified atom stereocenters. The molecule has 0 atom stereocenters. The number of nitrogens with zero attached hydrogens (tertiary/aromatic N) is 2. The van der Waals surface area contributed by atoms with Crippen LogP contribution in [0.2, 0.25) is 0 Å². The van der Waals surface area contributed by atoms with Gasteiger partial charge in [-0.3, -0.25) is 4.79 Å². The third-order valence-electron chi connectivity index (χ3n) is 2.76. The molecule has 0 fully saturated rings. The lowest BCUT2D eigenvalue weighted by Crippen LogP contribution is -2.35. The highest BCUT2D eigenvalue weighted by Crippen LogP contribution is 2.25. The number of carbonyl (C=O) groups is 1. The van der Waals surface area contributed by atoms with E-state index >= 15 is 0 Å². The van der Waals surface area contributed by atoms with E-state index < -0.39 is 0 Å².